The lowest BCUT2D eigenvalue weighted by Crippen LogP contribution is -2.21. The van der Waals surface area contributed by atoms with Gasteiger partial charge in [-0.3, -0.25) is 4.79 Å². The van der Waals surface area contributed by atoms with Gasteiger partial charge < -0.3 is 10.6 Å². The highest BCUT2D eigenvalue weighted by Gasteiger charge is 2.08. The van der Waals surface area contributed by atoms with Crippen LogP contribution in [0.15, 0.2) is 24.3 Å². The van der Waals surface area contributed by atoms with Crippen molar-refractivity contribution >= 4 is 11.6 Å². The third kappa shape index (κ3) is 1.99. The second-order valence-electron chi connectivity index (χ2n) is 2.90. The van der Waals surface area contributed by atoms with E-state index in [1.54, 1.807) is 6.07 Å². The molecule has 0 aromatic heterocycles. The van der Waals surface area contributed by atoms with Crippen molar-refractivity contribution in [2.45, 2.75) is 6.92 Å². The molecule has 1 rings (SSSR count). The molecule has 1 aromatic carbocycles. The van der Waals surface area contributed by atoms with Gasteiger partial charge in [-0.15, -0.1) is 0 Å². The van der Waals surface area contributed by atoms with Crippen molar-refractivity contribution in [1.82, 2.24) is 0 Å². The maximum Gasteiger partial charge on any atom is 0.250 e. The molecule has 0 unspecified atom stereocenters. The van der Waals surface area contributed by atoms with Crippen molar-refractivity contribution in [2.75, 3.05) is 18.5 Å². The van der Waals surface area contributed by atoms with Crippen LogP contribution >= 0.6 is 0 Å². The minimum Gasteiger partial charge on any atom is -0.374 e. The van der Waals surface area contributed by atoms with Crippen LogP contribution in [0.25, 0.3) is 0 Å². The number of nitrogens with zero attached hydrogens (tertiary/aromatic N) is 1. The van der Waals surface area contributed by atoms with Gasteiger partial charge in [0.15, 0.2) is 0 Å². The van der Waals surface area contributed by atoms with Crippen molar-refractivity contribution in [3.63, 3.8) is 0 Å². The molecular formula is C10H14N2O. The Morgan fingerprint density at radius 3 is 2.62 bits per heavy atom. The van der Waals surface area contributed by atoms with Crippen LogP contribution in [-0.4, -0.2) is 19.5 Å². The Hall–Kier alpha value is -1.51. The summed E-state index contributed by atoms with van der Waals surface area (Å²) in [6, 6.07) is 7.34. The Morgan fingerprint density at radius 1 is 1.46 bits per heavy atom. The molecular weight excluding hydrogens is 164 g/mol. The van der Waals surface area contributed by atoms with Crippen LogP contribution in [0.3, 0.4) is 0 Å². The fourth-order valence-corrected chi connectivity index (χ4v) is 1.19. The third-order valence-electron chi connectivity index (χ3n) is 2.06. The first-order valence-electron chi connectivity index (χ1n) is 4.26. The van der Waals surface area contributed by atoms with Crippen molar-refractivity contribution in [3.8, 4) is 0 Å². The van der Waals surface area contributed by atoms with Crippen LogP contribution in [-0.2, 0) is 0 Å². The number of benzene rings is 1. The van der Waals surface area contributed by atoms with Gasteiger partial charge in [-0.05, 0) is 19.1 Å². The molecule has 0 heterocycles. The van der Waals surface area contributed by atoms with Gasteiger partial charge in [0.1, 0.15) is 0 Å². The van der Waals surface area contributed by atoms with Gasteiger partial charge in [0.25, 0.3) is 5.91 Å². The van der Waals surface area contributed by atoms with Crippen LogP contribution in [0.1, 0.15) is 17.3 Å². The summed E-state index contributed by atoms with van der Waals surface area (Å²) < 4.78 is 0. The first-order valence-corrected chi connectivity index (χ1v) is 4.26. The number of carbonyl (C=O) groups excluding carboxylic acids is 1. The summed E-state index contributed by atoms with van der Waals surface area (Å²) in [7, 11) is 1.93. The smallest absolute Gasteiger partial charge is 0.250 e. The quantitative estimate of drug-likeness (QED) is 0.757. The summed E-state index contributed by atoms with van der Waals surface area (Å²) >= 11 is 0. The SMILES string of the molecule is CCN(C)c1ccccc1C(N)=O. The molecule has 0 atom stereocenters. The van der Waals surface area contributed by atoms with Crippen LogP contribution in [0.4, 0.5) is 5.69 Å². The van der Waals surface area contributed by atoms with E-state index in [1.807, 2.05) is 37.1 Å². The first kappa shape index (κ1) is 9.58. The number of hydrogen-bond acceptors (Lipinski definition) is 2. The molecule has 0 aliphatic heterocycles. The molecule has 13 heavy (non-hydrogen) atoms. The van der Waals surface area contributed by atoms with E-state index in [-0.39, 0.29) is 5.91 Å². The maximum atomic E-state index is 11.0. The molecule has 1 amide bonds. The molecule has 0 fully saturated rings. The Balaban J connectivity index is 3.11. The number of amides is 1. The van der Waals surface area contributed by atoms with Crippen molar-refractivity contribution in [1.29, 1.82) is 0 Å². The lowest BCUT2D eigenvalue weighted by Gasteiger charge is -2.18. The summed E-state index contributed by atoms with van der Waals surface area (Å²) in [6.07, 6.45) is 0. The standard InChI is InChI=1S/C10H14N2O/c1-3-12(2)9-7-5-4-6-8(9)10(11)13/h4-7H,3H2,1-2H3,(H2,11,13). The van der Waals surface area contributed by atoms with Crippen LogP contribution < -0.4 is 10.6 Å². The minimum absolute atomic E-state index is 0.379. The average Bonchev–Trinajstić information content (AvgIpc) is 2.16. The predicted molar refractivity (Wildman–Crippen MR) is 53.9 cm³/mol. The lowest BCUT2D eigenvalue weighted by atomic mass is 10.1. The van der Waals surface area contributed by atoms with Gasteiger partial charge in [0, 0.05) is 19.3 Å². The van der Waals surface area contributed by atoms with E-state index >= 15 is 0 Å². The zero-order valence-corrected chi connectivity index (χ0v) is 7.95. The molecule has 3 heteroatoms. The Bertz CT molecular complexity index is 310. The number of primary amides is 1. The Morgan fingerprint density at radius 2 is 2.08 bits per heavy atom. The van der Waals surface area contributed by atoms with Gasteiger partial charge in [-0.1, -0.05) is 12.1 Å². The highest BCUT2D eigenvalue weighted by Crippen LogP contribution is 2.17. The maximum absolute atomic E-state index is 11.0. The molecule has 0 bridgehead atoms. The van der Waals surface area contributed by atoms with Gasteiger partial charge >= 0.3 is 0 Å². The summed E-state index contributed by atoms with van der Waals surface area (Å²) in [4.78, 5) is 13.0. The molecule has 0 saturated carbocycles. The minimum atomic E-state index is -0.379. The van der Waals surface area contributed by atoms with Gasteiger partial charge in [-0.25, -0.2) is 0 Å². The second-order valence-corrected chi connectivity index (χ2v) is 2.90. The lowest BCUT2D eigenvalue weighted by molar-refractivity contribution is 0.100. The fourth-order valence-electron chi connectivity index (χ4n) is 1.19. The summed E-state index contributed by atoms with van der Waals surface area (Å²) in [6.45, 7) is 2.88. The molecule has 0 aliphatic carbocycles. The normalized spacial score (nSPS) is 9.69. The zero-order valence-electron chi connectivity index (χ0n) is 7.95. The van der Waals surface area contributed by atoms with Gasteiger partial charge in [-0.2, -0.15) is 0 Å². The van der Waals surface area contributed by atoms with Crippen LogP contribution in [0, 0.1) is 0 Å². The molecule has 70 valence electrons. The Kier molecular flexibility index (Phi) is 2.90. The van der Waals surface area contributed by atoms with Crippen molar-refractivity contribution in [3.05, 3.63) is 29.8 Å². The van der Waals surface area contributed by atoms with E-state index in [0.29, 0.717) is 5.56 Å². The van der Waals surface area contributed by atoms with E-state index in [9.17, 15) is 4.79 Å². The average molecular weight is 178 g/mol. The van der Waals surface area contributed by atoms with Gasteiger partial charge in [0.2, 0.25) is 0 Å². The topological polar surface area (TPSA) is 46.3 Å². The molecule has 0 radical (unpaired) electrons. The van der Waals surface area contributed by atoms with E-state index < -0.39 is 0 Å². The number of hydrogen-bond donors (Lipinski definition) is 1. The van der Waals surface area contributed by atoms with Crippen molar-refractivity contribution in [2.24, 2.45) is 5.73 Å². The van der Waals surface area contributed by atoms with E-state index in [0.717, 1.165) is 12.2 Å². The monoisotopic (exact) mass is 178 g/mol. The first-order chi connectivity index (χ1) is 6.16. The zero-order chi connectivity index (χ0) is 9.84. The molecule has 1 aromatic rings. The summed E-state index contributed by atoms with van der Waals surface area (Å²) in [5.41, 5.74) is 6.70. The van der Waals surface area contributed by atoms with E-state index in [1.165, 1.54) is 0 Å². The van der Waals surface area contributed by atoms with Gasteiger partial charge in [0.05, 0.1) is 5.56 Å². The third-order valence-corrected chi connectivity index (χ3v) is 2.06. The molecule has 2 N–H and O–H groups in total. The van der Waals surface area contributed by atoms with Crippen LogP contribution in [0.2, 0.25) is 0 Å². The van der Waals surface area contributed by atoms with Crippen LogP contribution in [0.5, 0.6) is 0 Å². The number of rotatable bonds is 3. The largest absolute Gasteiger partial charge is 0.374 e. The summed E-state index contributed by atoms with van der Waals surface area (Å²) in [5, 5.41) is 0. The molecule has 0 spiro atoms. The van der Waals surface area contributed by atoms with E-state index in [2.05, 4.69) is 0 Å². The molecule has 0 aliphatic rings. The van der Waals surface area contributed by atoms with E-state index in [4.69, 9.17) is 5.73 Å². The number of anilines is 1. The highest BCUT2D eigenvalue weighted by atomic mass is 16.1. The van der Waals surface area contributed by atoms with Crippen molar-refractivity contribution < 1.29 is 4.79 Å². The number of nitrogens with two attached hydrogens (primary N) is 1. The number of carbonyl (C=O) groups is 1. The fraction of sp³-hybridized carbons (Fsp3) is 0.300. The number of para-hydroxylation sites is 1. The predicted octanol–water partition coefficient (Wildman–Crippen LogP) is 1.24. The second kappa shape index (κ2) is 3.94. The molecule has 3 nitrogen and oxygen atoms in total. The molecule has 0 saturated heterocycles. The highest BCUT2D eigenvalue weighted by molar-refractivity contribution is 5.98. The summed E-state index contributed by atoms with van der Waals surface area (Å²) in [5.74, 6) is -0.379. The Labute approximate surface area is 78.2 Å².